The van der Waals surface area contributed by atoms with Crippen molar-refractivity contribution < 1.29 is 4.52 Å². The Hall–Kier alpha value is -2.77. The van der Waals surface area contributed by atoms with Crippen LogP contribution in [0.5, 0.6) is 0 Å². The third-order valence-corrected chi connectivity index (χ3v) is 4.36. The first-order chi connectivity index (χ1) is 12.6. The molecule has 6 nitrogen and oxygen atoms in total. The minimum absolute atomic E-state index is 0.0632. The Kier molecular flexibility index (Phi) is 4.40. The van der Waals surface area contributed by atoms with Gasteiger partial charge in [-0.25, -0.2) is 4.68 Å². The molecule has 0 spiro atoms. The van der Waals surface area contributed by atoms with E-state index >= 15 is 0 Å². The van der Waals surface area contributed by atoms with Gasteiger partial charge in [0, 0.05) is 27.3 Å². The largest absolute Gasteiger partial charge is 0.332 e. The smallest absolute Gasteiger partial charge is 0.282 e. The van der Waals surface area contributed by atoms with Gasteiger partial charge in [0.1, 0.15) is 0 Å². The molecule has 0 aliphatic carbocycles. The van der Waals surface area contributed by atoms with Gasteiger partial charge < -0.3 is 4.52 Å². The first-order valence-corrected chi connectivity index (χ1v) is 8.73. The van der Waals surface area contributed by atoms with Gasteiger partial charge in [-0.1, -0.05) is 44.8 Å². The zero-order valence-electron chi connectivity index (χ0n) is 13.1. The molecular formula is C18H10BrClN4O2. The van der Waals surface area contributed by atoms with Crippen molar-refractivity contribution in [3.05, 3.63) is 80.5 Å². The maximum absolute atomic E-state index is 12.2. The SMILES string of the molecule is O=c1ccn(-c2ccc(Cl)cc2)nc1-c1nc(-c2cccc(Br)c2)no1. The highest BCUT2D eigenvalue weighted by molar-refractivity contribution is 9.10. The minimum Gasteiger partial charge on any atom is -0.332 e. The van der Waals surface area contributed by atoms with E-state index in [9.17, 15) is 4.79 Å². The molecule has 0 radical (unpaired) electrons. The van der Waals surface area contributed by atoms with Crippen LogP contribution in [0.1, 0.15) is 0 Å². The van der Waals surface area contributed by atoms with Gasteiger partial charge in [0.2, 0.25) is 11.3 Å². The summed E-state index contributed by atoms with van der Waals surface area (Å²) < 4.78 is 7.71. The normalized spacial score (nSPS) is 10.8. The molecule has 8 heteroatoms. The van der Waals surface area contributed by atoms with Crippen molar-refractivity contribution in [1.82, 2.24) is 19.9 Å². The molecule has 128 valence electrons. The highest BCUT2D eigenvalue weighted by Crippen LogP contribution is 2.22. The van der Waals surface area contributed by atoms with Crippen molar-refractivity contribution >= 4 is 27.5 Å². The molecule has 0 aliphatic heterocycles. The highest BCUT2D eigenvalue weighted by atomic mass is 79.9. The zero-order valence-corrected chi connectivity index (χ0v) is 15.5. The predicted molar refractivity (Wildman–Crippen MR) is 101 cm³/mol. The summed E-state index contributed by atoms with van der Waals surface area (Å²) in [6.45, 7) is 0. The molecule has 0 amide bonds. The van der Waals surface area contributed by atoms with Crippen LogP contribution in [0.25, 0.3) is 28.7 Å². The van der Waals surface area contributed by atoms with Gasteiger partial charge in [-0.3, -0.25) is 4.79 Å². The lowest BCUT2D eigenvalue weighted by Gasteiger charge is -2.05. The third kappa shape index (κ3) is 3.31. The van der Waals surface area contributed by atoms with Crippen LogP contribution in [-0.2, 0) is 0 Å². The van der Waals surface area contributed by atoms with Crippen LogP contribution in [0.3, 0.4) is 0 Å². The highest BCUT2D eigenvalue weighted by Gasteiger charge is 2.16. The van der Waals surface area contributed by atoms with Crippen LogP contribution in [0.15, 0.2) is 74.6 Å². The fourth-order valence-electron chi connectivity index (χ4n) is 2.36. The Bertz CT molecular complexity index is 1140. The molecule has 2 heterocycles. The molecule has 4 aromatic rings. The van der Waals surface area contributed by atoms with Gasteiger partial charge >= 0.3 is 0 Å². The van der Waals surface area contributed by atoms with Gasteiger partial charge in [-0.2, -0.15) is 10.1 Å². The van der Waals surface area contributed by atoms with E-state index in [1.165, 1.54) is 6.07 Å². The van der Waals surface area contributed by atoms with Crippen LogP contribution in [0.2, 0.25) is 5.02 Å². The van der Waals surface area contributed by atoms with Gasteiger partial charge in [0.05, 0.1) is 5.69 Å². The Labute approximate surface area is 161 Å². The van der Waals surface area contributed by atoms with Crippen molar-refractivity contribution in [3.63, 3.8) is 0 Å². The van der Waals surface area contributed by atoms with E-state index in [0.717, 1.165) is 15.7 Å². The Morgan fingerprint density at radius 3 is 2.65 bits per heavy atom. The molecule has 0 unspecified atom stereocenters. The maximum Gasteiger partial charge on any atom is 0.282 e. The van der Waals surface area contributed by atoms with Crippen LogP contribution in [0.4, 0.5) is 0 Å². The number of benzene rings is 2. The second-order valence-electron chi connectivity index (χ2n) is 5.38. The number of aromatic nitrogens is 4. The van der Waals surface area contributed by atoms with Gasteiger partial charge in [-0.15, -0.1) is 0 Å². The minimum atomic E-state index is -0.306. The molecule has 0 saturated heterocycles. The predicted octanol–water partition coefficient (Wildman–Crippen LogP) is 4.37. The summed E-state index contributed by atoms with van der Waals surface area (Å²) in [7, 11) is 0. The maximum atomic E-state index is 12.2. The third-order valence-electron chi connectivity index (χ3n) is 3.61. The standard InChI is InChI=1S/C18H10BrClN4O2/c19-12-3-1-2-11(10-12)17-21-18(26-23-17)16-15(25)8-9-24(22-16)14-6-4-13(20)5-7-14/h1-10H. The summed E-state index contributed by atoms with van der Waals surface area (Å²) >= 11 is 9.31. The molecule has 0 bridgehead atoms. The van der Waals surface area contributed by atoms with Gasteiger partial charge in [0.15, 0.2) is 5.69 Å². The van der Waals surface area contributed by atoms with E-state index in [1.54, 1.807) is 35.1 Å². The second kappa shape index (κ2) is 6.86. The van der Waals surface area contributed by atoms with E-state index in [-0.39, 0.29) is 17.0 Å². The molecule has 0 N–H and O–H groups in total. The van der Waals surface area contributed by atoms with E-state index in [0.29, 0.717) is 10.8 Å². The lowest BCUT2D eigenvalue weighted by Crippen LogP contribution is -2.12. The average molecular weight is 430 g/mol. The Balaban J connectivity index is 1.75. The van der Waals surface area contributed by atoms with E-state index in [4.69, 9.17) is 16.1 Å². The first kappa shape index (κ1) is 16.7. The molecule has 26 heavy (non-hydrogen) atoms. The fourth-order valence-corrected chi connectivity index (χ4v) is 2.88. The number of halogens is 2. The summed E-state index contributed by atoms with van der Waals surface area (Å²) in [6, 6.07) is 16.0. The molecule has 2 aromatic carbocycles. The van der Waals surface area contributed by atoms with Crippen molar-refractivity contribution in [3.8, 4) is 28.7 Å². The number of rotatable bonds is 3. The van der Waals surface area contributed by atoms with E-state index in [2.05, 4.69) is 31.2 Å². The van der Waals surface area contributed by atoms with Crippen molar-refractivity contribution in [2.75, 3.05) is 0 Å². The molecule has 0 fully saturated rings. The number of hydrogen-bond donors (Lipinski definition) is 0. The van der Waals surface area contributed by atoms with Crippen molar-refractivity contribution in [1.29, 1.82) is 0 Å². The first-order valence-electron chi connectivity index (χ1n) is 7.56. The topological polar surface area (TPSA) is 73.8 Å². The van der Waals surface area contributed by atoms with E-state index < -0.39 is 0 Å². The summed E-state index contributed by atoms with van der Waals surface area (Å²) in [5.74, 6) is 0.442. The monoisotopic (exact) mass is 428 g/mol. The van der Waals surface area contributed by atoms with Gasteiger partial charge in [-0.05, 0) is 36.4 Å². The van der Waals surface area contributed by atoms with Crippen molar-refractivity contribution in [2.24, 2.45) is 0 Å². The molecule has 4 rings (SSSR count). The van der Waals surface area contributed by atoms with E-state index in [1.807, 2.05) is 24.3 Å². The summed E-state index contributed by atoms with van der Waals surface area (Å²) in [5.41, 5.74) is 1.29. The molecule has 2 aromatic heterocycles. The van der Waals surface area contributed by atoms with Crippen LogP contribution < -0.4 is 5.43 Å². The van der Waals surface area contributed by atoms with Crippen molar-refractivity contribution in [2.45, 2.75) is 0 Å². The second-order valence-corrected chi connectivity index (χ2v) is 6.74. The Morgan fingerprint density at radius 2 is 1.88 bits per heavy atom. The zero-order chi connectivity index (χ0) is 18.1. The quantitative estimate of drug-likeness (QED) is 0.483. The van der Waals surface area contributed by atoms with Crippen LogP contribution in [0, 0.1) is 0 Å². The summed E-state index contributed by atoms with van der Waals surface area (Å²) in [6.07, 6.45) is 1.57. The van der Waals surface area contributed by atoms with Crippen LogP contribution >= 0.6 is 27.5 Å². The number of hydrogen-bond acceptors (Lipinski definition) is 5. The molecule has 0 atom stereocenters. The fraction of sp³-hybridized carbons (Fsp3) is 0. The molecule has 0 aliphatic rings. The van der Waals surface area contributed by atoms with Gasteiger partial charge in [0.25, 0.3) is 5.89 Å². The summed E-state index contributed by atoms with van der Waals surface area (Å²) in [4.78, 5) is 16.5. The lowest BCUT2D eigenvalue weighted by atomic mass is 10.2. The average Bonchev–Trinajstić information content (AvgIpc) is 3.13. The molecular weight excluding hydrogens is 420 g/mol. The summed E-state index contributed by atoms with van der Waals surface area (Å²) in [5, 5.41) is 8.89. The number of nitrogens with zero attached hydrogens (tertiary/aromatic N) is 4. The van der Waals surface area contributed by atoms with Crippen LogP contribution in [-0.4, -0.2) is 19.9 Å². The lowest BCUT2D eigenvalue weighted by molar-refractivity contribution is 0.429. The molecule has 0 saturated carbocycles. The Morgan fingerprint density at radius 1 is 1.08 bits per heavy atom.